The highest BCUT2D eigenvalue weighted by Crippen LogP contribution is 2.34. The molecule has 0 atom stereocenters. The number of nitrogens with zero attached hydrogens (tertiary/aromatic N) is 4. The maximum Gasteiger partial charge on any atom is 0.416 e. The molecule has 2 aromatic heterocycles. The molecule has 180 valence electrons. The van der Waals surface area contributed by atoms with Gasteiger partial charge < -0.3 is 9.47 Å². The summed E-state index contributed by atoms with van der Waals surface area (Å²) >= 11 is 1.05. The monoisotopic (exact) mass is 500 g/mol. The Kier molecular flexibility index (Phi) is 7.06. The largest absolute Gasteiger partial charge is 0.497 e. The predicted octanol–water partition coefficient (Wildman–Crippen LogP) is 5.34. The van der Waals surface area contributed by atoms with Crippen molar-refractivity contribution in [1.29, 1.82) is 0 Å². The molecule has 0 radical (unpaired) electrons. The van der Waals surface area contributed by atoms with E-state index in [0.29, 0.717) is 28.5 Å². The Morgan fingerprint density at radius 3 is 2.46 bits per heavy atom. The van der Waals surface area contributed by atoms with Crippen LogP contribution in [0.4, 0.5) is 13.2 Å². The predicted molar refractivity (Wildman–Crippen MR) is 124 cm³/mol. The molecular weight excluding hydrogens is 481 g/mol. The standard InChI is InChI=1S/C24H19F3N4O3S/c1-33-18-6-7-21(34-2)19(13-18)20(32)14-35-23-30-29-22(15-8-10-28-11-9-15)31(23)17-5-3-4-16(12-17)24(25,26)27/h3-13H,14H2,1-2H3. The third-order valence-corrected chi connectivity index (χ3v) is 5.97. The number of ketones is 1. The number of halogens is 3. The van der Waals surface area contributed by atoms with Crippen molar-refractivity contribution in [3.05, 3.63) is 78.1 Å². The maximum absolute atomic E-state index is 13.4. The molecule has 2 heterocycles. The van der Waals surface area contributed by atoms with Gasteiger partial charge in [0.25, 0.3) is 0 Å². The molecule has 11 heteroatoms. The zero-order chi connectivity index (χ0) is 25.0. The van der Waals surface area contributed by atoms with Crippen LogP contribution in [0.1, 0.15) is 15.9 Å². The number of methoxy groups -OCH3 is 2. The number of carbonyl (C=O) groups excluding carboxylic acids is 1. The fraction of sp³-hybridized carbons (Fsp3) is 0.167. The van der Waals surface area contributed by atoms with E-state index in [1.165, 1.54) is 30.9 Å². The lowest BCUT2D eigenvalue weighted by Crippen LogP contribution is -2.08. The molecular formula is C24H19F3N4O3S. The smallest absolute Gasteiger partial charge is 0.416 e. The summed E-state index contributed by atoms with van der Waals surface area (Å²) < 4.78 is 52.1. The third-order valence-electron chi connectivity index (χ3n) is 5.04. The third kappa shape index (κ3) is 5.29. The van der Waals surface area contributed by atoms with Crippen LogP contribution in [0.3, 0.4) is 0 Å². The fourth-order valence-electron chi connectivity index (χ4n) is 3.35. The molecule has 0 saturated heterocycles. The van der Waals surface area contributed by atoms with Gasteiger partial charge in [0.05, 0.1) is 36.8 Å². The second-order valence-electron chi connectivity index (χ2n) is 7.20. The van der Waals surface area contributed by atoms with Crippen LogP contribution in [0.2, 0.25) is 0 Å². The maximum atomic E-state index is 13.4. The summed E-state index contributed by atoms with van der Waals surface area (Å²) in [6.07, 6.45) is -1.43. The van der Waals surface area contributed by atoms with Gasteiger partial charge in [-0.05, 0) is 48.5 Å². The fourth-order valence-corrected chi connectivity index (χ4v) is 4.18. The summed E-state index contributed by atoms with van der Waals surface area (Å²) in [5.41, 5.74) is 0.333. The highest BCUT2D eigenvalue weighted by Gasteiger charge is 2.31. The molecule has 0 N–H and O–H groups in total. The van der Waals surface area contributed by atoms with E-state index in [1.54, 1.807) is 42.7 Å². The van der Waals surface area contributed by atoms with Gasteiger partial charge in [0.2, 0.25) is 0 Å². The van der Waals surface area contributed by atoms with Gasteiger partial charge in [0.1, 0.15) is 11.5 Å². The van der Waals surface area contributed by atoms with Crippen molar-refractivity contribution in [3.63, 3.8) is 0 Å². The van der Waals surface area contributed by atoms with E-state index in [1.807, 2.05) is 0 Å². The first-order chi connectivity index (χ1) is 16.8. The molecule has 0 fully saturated rings. The van der Waals surface area contributed by atoms with Crippen LogP contribution in [0.15, 0.2) is 72.1 Å². The quantitative estimate of drug-likeness (QED) is 0.239. The van der Waals surface area contributed by atoms with Gasteiger partial charge in [-0.3, -0.25) is 14.3 Å². The minimum atomic E-state index is -4.52. The molecule has 0 unspecified atom stereocenters. The van der Waals surface area contributed by atoms with Crippen molar-refractivity contribution < 1.29 is 27.4 Å². The number of ether oxygens (including phenoxy) is 2. The first-order valence-corrected chi connectivity index (χ1v) is 11.2. The topological polar surface area (TPSA) is 79.1 Å². The van der Waals surface area contributed by atoms with Crippen LogP contribution in [-0.4, -0.2) is 45.5 Å². The van der Waals surface area contributed by atoms with E-state index in [-0.39, 0.29) is 22.4 Å². The zero-order valence-corrected chi connectivity index (χ0v) is 19.4. The molecule has 0 saturated carbocycles. The van der Waals surface area contributed by atoms with E-state index in [4.69, 9.17) is 9.47 Å². The van der Waals surface area contributed by atoms with Crippen LogP contribution in [0.25, 0.3) is 17.1 Å². The number of pyridine rings is 1. The van der Waals surface area contributed by atoms with Gasteiger partial charge in [0, 0.05) is 18.0 Å². The minimum Gasteiger partial charge on any atom is -0.497 e. The van der Waals surface area contributed by atoms with E-state index in [2.05, 4.69) is 15.2 Å². The summed E-state index contributed by atoms with van der Waals surface area (Å²) in [6.45, 7) is 0. The molecule has 2 aromatic carbocycles. The van der Waals surface area contributed by atoms with E-state index in [9.17, 15) is 18.0 Å². The highest BCUT2D eigenvalue weighted by molar-refractivity contribution is 7.99. The number of rotatable bonds is 8. The minimum absolute atomic E-state index is 0.0586. The number of hydrogen-bond donors (Lipinski definition) is 0. The van der Waals surface area contributed by atoms with Crippen molar-refractivity contribution >= 4 is 17.5 Å². The molecule has 0 amide bonds. The number of thioether (sulfide) groups is 1. The first-order valence-electron chi connectivity index (χ1n) is 10.2. The van der Waals surface area contributed by atoms with Gasteiger partial charge in [-0.2, -0.15) is 13.2 Å². The number of carbonyl (C=O) groups is 1. The van der Waals surface area contributed by atoms with E-state index >= 15 is 0 Å². The number of benzene rings is 2. The average Bonchev–Trinajstić information content (AvgIpc) is 3.31. The second-order valence-corrected chi connectivity index (χ2v) is 8.15. The van der Waals surface area contributed by atoms with Gasteiger partial charge in [0.15, 0.2) is 16.8 Å². The Balaban J connectivity index is 1.72. The van der Waals surface area contributed by atoms with Crippen LogP contribution < -0.4 is 9.47 Å². The van der Waals surface area contributed by atoms with Gasteiger partial charge in [-0.15, -0.1) is 10.2 Å². The summed E-state index contributed by atoms with van der Waals surface area (Å²) in [6, 6.07) is 13.1. The van der Waals surface area contributed by atoms with Crippen molar-refractivity contribution in [1.82, 2.24) is 19.7 Å². The van der Waals surface area contributed by atoms with Crippen molar-refractivity contribution in [2.24, 2.45) is 0 Å². The Labute approximate surface area is 202 Å². The Bertz CT molecular complexity index is 1340. The first kappa shape index (κ1) is 24.3. The van der Waals surface area contributed by atoms with E-state index in [0.717, 1.165) is 23.9 Å². The van der Waals surface area contributed by atoms with Gasteiger partial charge >= 0.3 is 6.18 Å². The summed E-state index contributed by atoms with van der Waals surface area (Å²) in [5.74, 6) is 0.867. The molecule has 4 aromatic rings. The SMILES string of the molecule is COc1ccc(OC)c(C(=O)CSc2nnc(-c3ccncc3)n2-c2cccc(C(F)(F)F)c2)c1. The van der Waals surface area contributed by atoms with Crippen LogP contribution in [0, 0.1) is 0 Å². The average molecular weight is 501 g/mol. The number of alkyl halides is 3. The number of Topliss-reactive ketones (excluding diaryl/α,β-unsaturated/α-hetero) is 1. The second kappa shape index (κ2) is 10.2. The van der Waals surface area contributed by atoms with Gasteiger partial charge in [-0.25, -0.2) is 0 Å². The molecule has 0 spiro atoms. The van der Waals surface area contributed by atoms with Gasteiger partial charge in [-0.1, -0.05) is 17.8 Å². The Morgan fingerprint density at radius 1 is 1.00 bits per heavy atom. The van der Waals surface area contributed by atoms with Crippen molar-refractivity contribution in [2.75, 3.05) is 20.0 Å². The van der Waals surface area contributed by atoms with Crippen LogP contribution in [-0.2, 0) is 6.18 Å². The lowest BCUT2D eigenvalue weighted by atomic mass is 10.1. The van der Waals surface area contributed by atoms with Crippen LogP contribution in [0.5, 0.6) is 11.5 Å². The summed E-state index contributed by atoms with van der Waals surface area (Å²) in [4.78, 5) is 17.0. The summed E-state index contributed by atoms with van der Waals surface area (Å²) in [5, 5.41) is 8.62. The van der Waals surface area contributed by atoms with E-state index < -0.39 is 11.7 Å². The van der Waals surface area contributed by atoms with Crippen LogP contribution >= 0.6 is 11.8 Å². The molecule has 35 heavy (non-hydrogen) atoms. The van der Waals surface area contributed by atoms with Crippen molar-refractivity contribution in [3.8, 4) is 28.6 Å². The lowest BCUT2D eigenvalue weighted by Gasteiger charge is -2.13. The summed E-state index contributed by atoms with van der Waals surface area (Å²) in [7, 11) is 2.94. The lowest BCUT2D eigenvalue weighted by molar-refractivity contribution is -0.137. The number of aromatic nitrogens is 4. The number of hydrogen-bond acceptors (Lipinski definition) is 7. The van der Waals surface area contributed by atoms with Crippen molar-refractivity contribution in [2.45, 2.75) is 11.3 Å². The normalized spacial score (nSPS) is 11.3. The molecule has 7 nitrogen and oxygen atoms in total. The zero-order valence-electron chi connectivity index (χ0n) is 18.6. The molecule has 0 aliphatic rings. The highest BCUT2D eigenvalue weighted by atomic mass is 32.2. The Morgan fingerprint density at radius 2 is 1.77 bits per heavy atom. The molecule has 4 rings (SSSR count). The molecule has 0 aliphatic carbocycles. The molecule has 0 aliphatic heterocycles. The Hall–Kier alpha value is -3.86. The molecule has 0 bridgehead atoms.